The van der Waals surface area contributed by atoms with E-state index in [1.165, 1.54) is 38.5 Å². The number of hydrogen-bond acceptors (Lipinski definition) is 9. The van der Waals surface area contributed by atoms with Gasteiger partial charge in [-0.15, -0.1) is 0 Å². The lowest BCUT2D eigenvalue weighted by Gasteiger charge is -2.35. The maximum absolute atomic E-state index is 12.1. The van der Waals surface area contributed by atoms with Gasteiger partial charge in [0.05, 0.1) is 56.8 Å². The first-order valence-electron chi connectivity index (χ1n) is 15.6. The van der Waals surface area contributed by atoms with Crippen LogP contribution in [0.25, 0.3) is 0 Å². The number of carboxylic acids is 1. The molecule has 7 atom stereocenters. The molecule has 10 heteroatoms. The lowest BCUT2D eigenvalue weighted by molar-refractivity contribution is -0.147. The Morgan fingerprint density at radius 2 is 0.800 bits per heavy atom. The second kappa shape index (κ2) is 25.8. The number of unbranched alkanes of at least 4 members (excludes halogenated alkanes) is 12. The number of aliphatic carboxylic acids is 1. The average molecular weight is 581 g/mol. The second-order valence-corrected chi connectivity index (χ2v) is 11.6. The van der Waals surface area contributed by atoms with Crippen molar-refractivity contribution in [1.82, 2.24) is 0 Å². The first-order chi connectivity index (χ1) is 19.2. The summed E-state index contributed by atoms with van der Waals surface area (Å²) in [7, 11) is 0. The normalized spacial score (nSPS) is 17.2. The van der Waals surface area contributed by atoms with Crippen LogP contribution in [0.15, 0.2) is 0 Å². The fraction of sp³-hybridized carbons (Fsp3) is 0.967. The molecular formula is C30H60O10. The van der Waals surface area contributed by atoms with Crippen LogP contribution in [-0.4, -0.2) is 103 Å². The predicted octanol–water partition coefficient (Wildman–Crippen LogP) is 2.35. The van der Waals surface area contributed by atoms with Crippen molar-refractivity contribution in [3.63, 3.8) is 0 Å². The zero-order chi connectivity index (χ0) is 30.2. The van der Waals surface area contributed by atoms with Gasteiger partial charge in [-0.25, -0.2) is 0 Å². The van der Waals surface area contributed by atoms with Crippen LogP contribution in [0.5, 0.6) is 0 Å². The number of rotatable bonds is 29. The number of aliphatic hydroxyl groups excluding tert-OH is 8. The molecule has 0 aliphatic rings. The van der Waals surface area contributed by atoms with Crippen molar-refractivity contribution in [1.29, 1.82) is 0 Å². The minimum Gasteiger partial charge on any atom is -0.481 e. The Morgan fingerprint density at radius 3 is 1.20 bits per heavy atom. The van der Waals surface area contributed by atoms with Crippen LogP contribution < -0.4 is 0 Å². The minimum atomic E-state index is -1.23. The van der Waals surface area contributed by atoms with Crippen molar-refractivity contribution in [2.75, 3.05) is 26.4 Å². The van der Waals surface area contributed by atoms with Crippen molar-refractivity contribution in [2.24, 2.45) is 17.8 Å². The molecule has 0 aromatic carbocycles. The molecule has 0 spiro atoms. The van der Waals surface area contributed by atoms with Gasteiger partial charge < -0.3 is 46.0 Å². The highest BCUT2D eigenvalue weighted by Gasteiger charge is 2.37. The van der Waals surface area contributed by atoms with Crippen LogP contribution in [0, 0.1) is 17.8 Å². The third kappa shape index (κ3) is 20.1. The van der Waals surface area contributed by atoms with Crippen LogP contribution in [0.2, 0.25) is 0 Å². The summed E-state index contributed by atoms with van der Waals surface area (Å²) in [5.74, 6) is -3.22. The highest BCUT2D eigenvalue weighted by molar-refractivity contribution is 5.70. The molecule has 0 aliphatic heterocycles. The van der Waals surface area contributed by atoms with Gasteiger partial charge >= 0.3 is 5.97 Å². The molecule has 0 amide bonds. The van der Waals surface area contributed by atoms with Crippen LogP contribution in [0.4, 0.5) is 0 Å². The average Bonchev–Trinajstić information content (AvgIpc) is 2.95. The summed E-state index contributed by atoms with van der Waals surface area (Å²) in [5, 5.41) is 86.2. The Labute approximate surface area is 241 Å². The molecule has 0 saturated carbocycles. The number of carboxylic acid groups (broad SMARTS) is 1. The minimum absolute atomic E-state index is 0.0126. The van der Waals surface area contributed by atoms with E-state index in [2.05, 4.69) is 0 Å². The molecular weight excluding hydrogens is 520 g/mol. The lowest BCUT2D eigenvalue weighted by Crippen LogP contribution is -2.37. The molecule has 0 aliphatic carbocycles. The van der Waals surface area contributed by atoms with E-state index < -0.39 is 62.0 Å². The molecule has 40 heavy (non-hydrogen) atoms. The van der Waals surface area contributed by atoms with Gasteiger partial charge in [0.25, 0.3) is 0 Å². The van der Waals surface area contributed by atoms with Crippen LogP contribution >= 0.6 is 0 Å². The van der Waals surface area contributed by atoms with Crippen molar-refractivity contribution >= 4 is 5.97 Å². The molecule has 0 bridgehead atoms. The van der Waals surface area contributed by atoms with E-state index >= 15 is 0 Å². The van der Waals surface area contributed by atoms with E-state index in [0.29, 0.717) is 12.8 Å². The summed E-state index contributed by atoms with van der Waals surface area (Å²) in [6, 6.07) is 0. The third-order valence-electron chi connectivity index (χ3n) is 8.04. The van der Waals surface area contributed by atoms with E-state index in [-0.39, 0.29) is 31.8 Å². The standard InChI is InChI=1S/C30H60O10/c31-19-24(35)15-13-11-9-7-5-3-1-2-4-6-8-10-12-14-23(16-25(36)20-32)28(17-26(37)21-33)29(30(39)40)18-27(38)22-34/h23-29,31-38H,1-22H2,(H,39,40). The van der Waals surface area contributed by atoms with Crippen LogP contribution in [0.1, 0.15) is 116 Å². The molecule has 0 radical (unpaired) electrons. The Balaban J connectivity index is 4.50. The SMILES string of the molecule is O=C(O)C(CC(O)CO)C(CC(O)CO)C(CCCCCCCCCCCCCCCC(O)CO)CC(O)CO. The Kier molecular flexibility index (Phi) is 25.3. The van der Waals surface area contributed by atoms with Gasteiger partial charge in [-0.2, -0.15) is 0 Å². The van der Waals surface area contributed by atoms with Crippen molar-refractivity contribution < 1.29 is 50.8 Å². The summed E-state index contributed by atoms with van der Waals surface area (Å²) >= 11 is 0. The monoisotopic (exact) mass is 580 g/mol. The van der Waals surface area contributed by atoms with E-state index in [9.17, 15) is 45.6 Å². The molecule has 0 fully saturated rings. The Morgan fingerprint density at radius 1 is 0.450 bits per heavy atom. The quantitative estimate of drug-likeness (QED) is 0.0592. The molecule has 9 N–H and O–H groups in total. The maximum atomic E-state index is 12.1. The maximum Gasteiger partial charge on any atom is 0.306 e. The van der Waals surface area contributed by atoms with Gasteiger partial charge in [-0.05, 0) is 37.5 Å². The summed E-state index contributed by atoms with van der Waals surface area (Å²) in [4.78, 5) is 12.1. The molecule has 0 rings (SSSR count). The van der Waals surface area contributed by atoms with Gasteiger partial charge in [-0.1, -0.05) is 89.9 Å². The van der Waals surface area contributed by atoms with Crippen molar-refractivity contribution in [2.45, 2.75) is 140 Å². The zero-order valence-corrected chi connectivity index (χ0v) is 24.5. The first kappa shape index (κ1) is 39.1. The zero-order valence-electron chi connectivity index (χ0n) is 24.5. The Bertz CT molecular complexity index is 579. The molecule has 0 heterocycles. The number of hydrogen-bond donors (Lipinski definition) is 9. The third-order valence-corrected chi connectivity index (χ3v) is 8.04. The van der Waals surface area contributed by atoms with Gasteiger partial charge in [0.15, 0.2) is 0 Å². The van der Waals surface area contributed by atoms with E-state index in [4.69, 9.17) is 5.11 Å². The van der Waals surface area contributed by atoms with E-state index in [0.717, 1.165) is 44.9 Å². The van der Waals surface area contributed by atoms with Gasteiger partial charge in [-0.3, -0.25) is 4.79 Å². The van der Waals surface area contributed by atoms with Crippen molar-refractivity contribution in [3.8, 4) is 0 Å². The van der Waals surface area contributed by atoms with Gasteiger partial charge in [0.1, 0.15) is 0 Å². The largest absolute Gasteiger partial charge is 0.481 e. The van der Waals surface area contributed by atoms with E-state index in [1.54, 1.807) is 0 Å². The van der Waals surface area contributed by atoms with E-state index in [1.807, 2.05) is 0 Å². The summed E-state index contributed by atoms with van der Waals surface area (Å²) < 4.78 is 0. The number of carbonyl (C=O) groups is 1. The molecule has 10 nitrogen and oxygen atoms in total. The Hall–Kier alpha value is -0.850. The topological polar surface area (TPSA) is 199 Å². The van der Waals surface area contributed by atoms with Gasteiger partial charge in [0, 0.05) is 0 Å². The summed E-state index contributed by atoms with van der Waals surface area (Å²) in [6.07, 6.45) is 11.6. The highest BCUT2D eigenvalue weighted by atomic mass is 16.4. The number of aliphatic hydroxyl groups is 8. The van der Waals surface area contributed by atoms with Crippen LogP contribution in [-0.2, 0) is 4.79 Å². The van der Waals surface area contributed by atoms with Crippen molar-refractivity contribution in [3.05, 3.63) is 0 Å². The van der Waals surface area contributed by atoms with Gasteiger partial charge in [0.2, 0.25) is 0 Å². The fourth-order valence-electron chi connectivity index (χ4n) is 5.65. The first-order valence-corrected chi connectivity index (χ1v) is 15.6. The molecule has 0 aromatic rings. The highest BCUT2D eigenvalue weighted by Crippen LogP contribution is 2.36. The molecule has 240 valence electrons. The summed E-state index contributed by atoms with van der Waals surface area (Å²) in [5.41, 5.74) is 0. The summed E-state index contributed by atoms with van der Waals surface area (Å²) in [6.45, 7) is -1.73. The predicted molar refractivity (Wildman–Crippen MR) is 154 cm³/mol. The second-order valence-electron chi connectivity index (χ2n) is 11.6. The smallest absolute Gasteiger partial charge is 0.306 e. The lowest BCUT2D eigenvalue weighted by atomic mass is 9.72. The fourth-order valence-corrected chi connectivity index (χ4v) is 5.65. The molecule has 7 unspecified atom stereocenters. The van der Waals surface area contributed by atoms with Crippen LogP contribution in [0.3, 0.4) is 0 Å². The molecule has 0 aromatic heterocycles. The molecule has 0 saturated heterocycles.